The molecule has 0 saturated heterocycles. The van der Waals surface area contributed by atoms with E-state index in [4.69, 9.17) is 4.74 Å². The zero-order chi connectivity index (χ0) is 35.4. The Balaban J connectivity index is 0.00000205. The van der Waals surface area contributed by atoms with Gasteiger partial charge < -0.3 is 9.30 Å². The van der Waals surface area contributed by atoms with Gasteiger partial charge in [-0.3, -0.25) is 9.93 Å². The standard InChI is InChI=1S/C43H43N2O2.H3NS/c1-26-36(32-14-10-12-16-34(32)44(26)30-22-18-28(19-23-30)42(3,4)5)38-40(46)39(41(38)47-9)37-27(2)45(35-17-13-11-15-33(35)37)31-24-20-29(21-25-31)43(6,7)8;1-2/h10-25H,1-9H3;2H,1H2/q+1;. The van der Waals surface area contributed by atoms with Crippen LogP contribution >= 0.6 is 12.8 Å². The van der Waals surface area contributed by atoms with Crippen LogP contribution in [0.3, 0.4) is 0 Å². The molecule has 1 aliphatic carbocycles. The normalized spacial score (nSPS) is 16.1. The zero-order valence-corrected chi connectivity index (χ0v) is 30.9. The van der Waals surface area contributed by atoms with Gasteiger partial charge in [0.1, 0.15) is 5.76 Å². The Labute approximate surface area is 296 Å². The fourth-order valence-corrected chi connectivity index (χ4v) is 7.30. The number of carbonyl (C=O) groups is 1. The number of nitrogens with two attached hydrogens (primary N) is 1. The van der Waals surface area contributed by atoms with E-state index in [1.807, 2.05) is 12.1 Å². The molecule has 0 atom stereocenters. The Morgan fingerprint density at radius 2 is 1.24 bits per heavy atom. The maximum atomic E-state index is 14.5. The van der Waals surface area contributed by atoms with Crippen molar-refractivity contribution in [3.8, 4) is 5.69 Å². The average Bonchev–Trinajstić information content (AvgIpc) is 3.53. The summed E-state index contributed by atoms with van der Waals surface area (Å²) in [5.41, 5.74) is 13.2. The molecule has 0 radical (unpaired) electrons. The van der Waals surface area contributed by atoms with Crippen molar-refractivity contribution < 1.29 is 9.53 Å². The molecule has 49 heavy (non-hydrogen) atoms. The van der Waals surface area contributed by atoms with Gasteiger partial charge in [-0.1, -0.05) is 96.1 Å². The SMILES string of the molecule is COC1=C(c2c(C)n(-c3ccc(C(C)(C)C)cc3)c3ccccc23)C(=O)/C1=C1\C(C)=[N+](c2ccc(C(C)(C)C)cc2)c2ccccc21.NS. The van der Waals surface area contributed by atoms with Gasteiger partial charge in [0.2, 0.25) is 17.2 Å². The number of aromatic nitrogens is 1. The first-order chi connectivity index (χ1) is 23.3. The number of ketones is 1. The Kier molecular flexibility index (Phi) is 8.85. The number of carbonyl (C=O) groups excluding carboxylic acids is 1. The fourth-order valence-electron chi connectivity index (χ4n) is 7.30. The van der Waals surface area contributed by atoms with Crippen LogP contribution in [0, 0.1) is 6.92 Å². The van der Waals surface area contributed by atoms with Gasteiger partial charge in [0.15, 0.2) is 5.71 Å². The second-order valence-electron chi connectivity index (χ2n) is 14.8. The van der Waals surface area contributed by atoms with Crippen LogP contribution in [0.5, 0.6) is 0 Å². The molecule has 2 aliphatic rings. The Hall–Kier alpha value is -4.65. The van der Waals surface area contributed by atoms with Crippen LogP contribution in [-0.2, 0) is 20.4 Å². The van der Waals surface area contributed by atoms with Crippen LogP contribution in [0.25, 0.3) is 27.7 Å². The van der Waals surface area contributed by atoms with E-state index in [0.717, 1.165) is 56.1 Å². The van der Waals surface area contributed by atoms with E-state index in [-0.39, 0.29) is 16.6 Å². The summed E-state index contributed by atoms with van der Waals surface area (Å²) < 4.78 is 10.7. The summed E-state index contributed by atoms with van der Waals surface area (Å²) >= 11 is 3.03. The number of para-hydroxylation sites is 2. The second-order valence-corrected chi connectivity index (χ2v) is 14.8. The van der Waals surface area contributed by atoms with E-state index >= 15 is 0 Å². The first kappa shape index (κ1) is 34.2. The Morgan fingerprint density at radius 3 is 1.84 bits per heavy atom. The van der Waals surface area contributed by atoms with Crippen LogP contribution < -0.4 is 9.71 Å². The van der Waals surface area contributed by atoms with Gasteiger partial charge in [0.05, 0.1) is 34.9 Å². The second kappa shape index (κ2) is 12.7. The molecule has 0 fully saturated rings. The quantitative estimate of drug-likeness (QED) is 0.114. The molecule has 2 heterocycles. The number of hydrogen-bond acceptors (Lipinski definition) is 4. The van der Waals surface area contributed by atoms with Crippen LogP contribution in [0.1, 0.15) is 76.4 Å². The molecule has 0 amide bonds. The highest BCUT2D eigenvalue weighted by atomic mass is 32.1. The van der Waals surface area contributed by atoms with Crippen molar-refractivity contribution in [2.24, 2.45) is 5.14 Å². The predicted octanol–water partition coefficient (Wildman–Crippen LogP) is 10.0. The van der Waals surface area contributed by atoms with Crippen LogP contribution in [-0.4, -0.2) is 23.2 Å². The molecule has 0 spiro atoms. The van der Waals surface area contributed by atoms with Crippen molar-refractivity contribution in [1.29, 1.82) is 0 Å². The Morgan fingerprint density at radius 1 is 0.694 bits per heavy atom. The van der Waals surface area contributed by atoms with Gasteiger partial charge in [-0.05, 0) is 53.1 Å². The highest BCUT2D eigenvalue weighted by Gasteiger charge is 2.46. The smallest absolute Gasteiger partial charge is 0.219 e. The van der Waals surface area contributed by atoms with Crippen molar-refractivity contribution >= 4 is 57.7 Å². The van der Waals surface area contributed by atoms with Crippen molar-refractivity contribution in [3.63, 3.8) is 0 Å². The van der Waals surface area contributed by atoms with Gasteiger partial charge in [-0.15, -0.1) is 12.8 Å². The molecule has 5 aromatic rings. The highest BCUT2D eigenvalue weighted by Crippen LogP contribution is 2.49. The third kappa shape index (κ3) is 5.57. The van der Waals surface area contributed by atoms with Gasteiger partial charge in [0.25, 0.3) is 0 Å². The number of allylic oxidation sites excluding steroid dienone is 3. The molecule has 4 aromatic carbocycles. The summed E-state index contributed by atoms with van der Waals surface area (Å²) in [7, 11) is 1.68. The summed E-state index contributed by atoms with van der Waals surface area (Å²) in [6.07, 6.45) is 0. The fraction of sp³-hybridized carbons (Fsp3) is 0.256. The lowest BCUT2D eigenvalue weighted by Crippen LogP contribution is -2.26. The highest BCUT2D eigenvalue weighted by molar-refractivity contribution is 7.77. The van der Waals surface area contributed by atoms with Crippen LogP contribution in [0.4, 0.5) is 11.4 Å². The maximum Gasteiger partial charge on any atom is 0.219 e. The maximum absolute atomic E-state index is 14.5. The molecule has 1 aromatic heterocycles. The number of ether oxygens (including phenoxy) is 1. The van der Waals surface area contributed by atoms with E-state index in [0.29, 0.717) is 16.9 Å². The van der Waals surface area contributed by atoms with E-state index in [1.165, 1.54) is 11.1 Å². The summed E-state index contributed by atoms with van der Waals surface area (Å²) in [5.74, 6) is 0.670. The van der Waals surface area contributed by atoms with Crippen molar-refractivity contribution in [2.75, 3.05) is 7.11 Å². The molecule has 0 bridgehead atoms. The molecule has 1 aliphatic heterocycles. The van der Waals surface area contributed by atoms with Crippen molar-refractivity contribution in [3.05, 3.63) is 136 Å². The van der Waals surface area contributed by atoms with Crippen molar-refractivity contribution in [1.82, 2.24) is 9.14 Å². The number of hydrogen-bond donors (Lipinski definition) is 2. The minimum Gasteiger partial charge on any atom is -0.495 e. The van der Waals surface area contributed by atoms with E-state index < -0.39 is 0 Å². The van der Waals surface area contributed by atoms with Crippen molar-refractivity contribution in [2.45, 2.75) is 66.2 Å². The van der Waals surface area contributed by atoms with Gasteiger partial charge in [-0.2, -0.15) is 4.58 Å². The van der Waals surface area contributed by atoms with E-state index in [2.05, 4.69) is 167 Å². The molecule has 0 saturated carbocycles. The van der Waals surface area contributed by atoms with Gasteiger partial charge >= 0.3 is 0 Å². The summed E-state index contributed by atoms with van der Waals surface area (Å²) in [6.45, 7) is 17.6. The molecule has 5 nitrogen and oxygen atoms in total. The number of benzene rings is 4. The third-order valence-electron chi connectivity index (χ3n) is 9.82. The number of rotatable bonds is 4. The van der Waals surface area contributed by atoms with Gasteiger partial charge in [-0.25, -0.2) is 0 Å². The first-order valence-electron chi connectivity index (χ1n) is 16.7. The molecular weight excluding hydrogens is 623 g/mol. The summed E-state index contributed by atoms with van der Waals surface area (Å²) in [4.78, 5) is 14.5. The van der Waals surface area contributed by atoms with E-state index in [1.54, 1.807) is 7.11 Å². The van der Waals surface area contributed by atoms with Crippen LogP contribution in [0.2, 0.25) is 0 Å². The minimum atomic E-state index is 0.0185. The van der Waals surface area contributed by atoms with Crippen LogP contribution in [0.15, 0.2) is 108 Å². The average molecular weight is 669 g/mol. The molecular formula is C43H46N3O2S+. The lowest BCUT2D eigenvalue weighted by Gasteiger charge is -2.26. The Bertz CT molecular complexity index is 2200. The summed E-state index contributed by atoms with van der Waals surface area (Å²) in [6, 6.07) is 34.3. The van der Waals surface area contributed by atoms with Gasteiger partial charge in [0, 0.05) is 47.5 Å². The number of Topliss-reactive ketones (excluding diaryl/α,β-unsaturated/α-hetero) is 1. The number of methoxy groups -OCH3 is 1. The predicted molar refractivity (Wildman–Crippen MR) is 209 cm³/mol. The molecule has 7 rings (SSSR count). The summed E-state index contributed by atoms with van der Waals surface area (Å²) in [5, 5.41) is 5.24. The number of nitrogens with zero attached hydrogens (tertiary/aromatic N) is 2. The number of fused-ring (bicyclic) bond motifs is 2. The number of thiol groups is 1. The minimum absolute atomic E-state index is 0.0185. The topological polar surface area (TPSA) is 60.3 Å². The molecule has 250 valence electrons. The molecule has 6 heteroatoms. The first-order valence-corrected chi connectivity index (χ1v) is 17.2. The lowest BCUT2D eigenvalue weighted by atomic mass is 9.78. The monoisotopic (exact) mass is 668 g/mol. The molecule has 2 N–H and O–H groups in total. The lowest BCUT2D eigenvalue weighted by molar-refractivity contribution is -0.111. The molecule has 0 unspecified atom stereocenters. The van der Waals surface area contributed by atoms with E-state index in [9.17, 15) is 4.79 Å². The third-order valence-corrected chi connectivity index (χ3v) is 9.82. The zero-order valence-electron chi connectivity index (χ0n) is 30.0. The largest absolute Gasteiger partial charge is 0.495 e.